The molecule has 0 amide bonds. The fourth-order valence-corrected chi connectivity index (χ4v) is 8.07. The maximum Gasteiger partial charge on any atom is 2.00 e. The van der Waals surface area contributed by atoms with Crippen LogP contribution >= 0.6 is 15.2 Å². The Kier molecular flexibility index (Phi) is 12.7. The molecule has 0 aliphatic heterocycles. The van der Waals surface area contributed by atoms with Gasteiger partial charge < -0.3 is 28.7 Å². The van der Waals surface area contributed by atoms with Crippen molar-refractivity contribution in [3.05, 3.63) is 120 Å². The average Bonchev–Trinajstić information content (AvgIpc) is 2.96. The van der Waals surface area contributed by atoms with E-state index in [0.717, 1.165) is 43.1 Å². The molecule has 6 aromatic carbocycles. The van der Waals surface area contributed by atoms with Crippen LogP contribution in [0.15, 0.2) is 109 Å². The van der Waals surface area contributed by atoms with Gasteiger partial charge in [-0.3, -0.25) is 0 Å². The van der Waals surface area contributed by atoms with Gasteiger partial charge in [0.15, 0.2) is 0 Å². The molecular formula is C34H30Mg2O6P2. The molecule has 0 N–H and O–H groups in total. The predicted octanol–water partition coefficient (Wildman–Crippen LogP) is 5.95. The van der Waals surface area contributed by atoms with Crippen molar-refractivity contribution >= 4 is 104 Å². The molecule has 6 aromatic rings. The van der Waals surface area contributed by atoms with Crippen LogP contribution in [0.2, 0.25) is 0 Å². The molecule has 0 saturated carbocycles. The van der Waals surface area contributed by atoms with Gasteiger partial charge in [-0.2, -0.15) is 0 Å². The summed E-state index contributed by atoms with van der Waals surface area (Å²) in [6, 6.07) is 34.5. The van der Waals surface area contributed by atoms with Gasteiger partial charge in [-0.25, -0.2) is 0 Å². The van der Waals surface area contributed by atoms with E-state index in [1.54, 1.807) is 13.8 Å². The molecule has 44 heavy (non-hydrogen) atoms. The molecule has 0 bridgehead atoms. The van der Waals surface area contributed by atoms with Gasteiger partial charge >= 0.3 is 46.1 Å². The quantitative estimate of drug-likeness (QED) is 0.125. The Bertz CT molecular complexity index is 1750. The van der Waals surface area contributed by atoms with Crippen LogP contribution in [0.4, 0.5) is 0 Å². The standard InChI is InChI=1S/2C17H17O3P.2Mg/c2*1-2-16(21(18,19)20)17-14-9-5-3-7-12(14)11-13-8-4-6-10-15(13)17;;/h2*3-11,16H,2H2,1H3,(H2,18,19,20);;/q;;2*+2/p-4. The second-order valence-corrected chi connectivity index (χ2v) is 13.8. The molecule has 2 atom stereocenters. The van der Waals surface area contributed by atoms with Crippen LogP contribution in [0.3, 0.4) is 0 Å². The minimum atomic E-state index is -4.71. The van der Waals surface area contributed by atoms with E-state index in [2.05, 4.69) is 0 Å². The Morgan fingerprint density at radius 3 is 0.909 bits per heavy atom. The van der Waals surface area contributed by atoms with Crippen LogP contribution < -0.4 is 19.6 Å². The first-order valence-corrected chi connectivity index (χ1v) is 17.1. The van der Waals surface area contributed by atoms with Crippen molar-refractivity contribution in [3.63, 3.8) is 0 Å². The maximum absolute atomic E-state index is 11.7. The van der Waals surface area contributed by atoms with E-state index in [1.165, 1.54) is 0 Å². The molecule has 10 heteroatoms. The summed E-state index contributed by atoms with van der Waals surface area (Å²) in [5, 5.41) is 7.20. The summed E-state index contributed by atoms with van der Waals surface area (Å²) in [4.78, 5) is 46.9. The van der Waals surface area contributed by atoms with Gasteiger partial charge in [-0.15, -0.1) is 0 Å². The first-order chi connectivity index (χ1) is 20.0. The third-order valence-corrected chi connectivity index (χ3v) is 10.6. The van der Waals surface area contributed by atoms with E-state index >= 15 is 0 Å². The summed E-state index contributed by atoms with van der Waals surface area (Å²) in [6.07, 6.45) is 0.560. The molecular weight excluding hydrogens is 615 g/mol. The zero-order valence-corrected chi connectivity index (χ0v) is 29.3. The van der Waals surface area contributed by atoms with E-state index in [4.69, 9.17) is 0 Å². The van der Waals surface area contributed by atoms with Crippen LogP contribution in [-0.2, 0) is 9.13 Å². The van der Waals surface area contributed by atoms with E-state index in [9.17, 15) is 28.7 Å². The maximum atomic E-state index is 11.7. The van der Waals surface area contributed by atoms with Crippen molar-refractivity contribution in [2.75, 3.05) is 0 Å². The van der Waals surface area contributed by atoms with Crippen molar-refractivity contribution in [2.45, 2.75) is 38.0 Å². The van der Waals surface area contributed by atoms with E-state index < -0.39 is 26.5 Å². The number of rotatable bonds is 6. The molecule has 0 saturated heterocycles. The van der Waals surface area contributed by atoms with Gasteiger partial charge in [-0.1, -0.05) is 126 Å². The van der Waals surface area contributed by atoms with Gasteiger partial charge in [0.2, 0.25) is 0 Å². The first kappa shape index (κ1) is 36.7. The van der Waals surface area contributed by atoms with E-state index in [-0.39, 0.29) is 58.9 Å². The Morgan fingerprint density at radius 1 is 0.477 bits per heavy atom. The summed E-state index contributed by atoms with van der Waals surface area (Å²) < 4.78 is 23.4. The first-order valence-electron chi connectivity index (χ1n) is 13.9. The molecule has 0 heterocycles. The Balaban J connectivity index is 0.000000230. The molecule has 216 valence electrons. The largest absolute Gasteiger partial charge is 2.00 e. The molecule has 0 fully saturated rings. The molecule has 0 radical (unpaired) electrons. The number of hydrogen-bond acceptors (Lipinski definition) is 6. The summed E-state index contributed by atoms with van der Waals surface area (Å²) >= 11 is 0. The molecule has 0 spiro atoms. The fraction of sp³-hybridized carbons (Fsp3) is 0.176. The summed E-state index contributed by atoms with van der Waals surface area (Å²) in [5.41, 5.74) is -0.707. The van der Waals surface area contributed by atoms with Gasteiger partial charge in [0.05, 0.1) is 0 Å². The van der Waals surface area contributed by atoms with Crippen molar-refractivity contribution in [3.8, 4) is 0 Å². The summed E-state index contributed by atoms with van der Waals surface area (Å²) in [7, 11) is -9.41. The predicted molar refractivity (Wildman–Crippen MR) is 176 cm³/mol. The Hall–Kier alpha value is -1.81. The average molecular weight is 645 g/mol. The molecule has 0 aromatic heterocycles. The minimum absolute atomic E-state index is 0. The van der Waals surface area contributed by atoms with Crippen LogP contribution in [0.5, 0.6) is 0 Å². The number of benzene rings is 6. The third kappa shape index (κ3) is 7.59. The SMILES string of the molecule is CCC(c1c2ccccc2cc2ccccc12)P(=O)([O-])[O-].CCC(c1c2ccccc2cc2ccccc12)P(=O)([O-])[O-].[Mg+2].[Mg+2]. The van der Waals surface area contributed by atoms with Crippen molar-refractivity contribution in [2.24, 2.45) is 0 Å². The number of hydrogen-bond donors (Lipinski definition) is 0. The van der Waals surface area contributed by atoms with E-state index in [0.29, 0.717) is 11.1 Å². The normalized spacial score (nSPS) is 13.0. The fourth-order valence-electron chi connectivity index (χ4n) is 5.99. The number of fused-ring (bicyclic) bond motifs is 4. The molecule has 2 unspecified atom stereocenters. The second kappa shape index (κ2) is 15.2. The van der Waals surface area contributed by atoms with Crippen LogP contribution in [-0.4, -0.2) is 46.1 Å². The molecule has 6 nitrogen and oxygen atoms in total. The second-order valence-electron chi connectivity index (χ2n) is 10.4. The third-order valence-electron chi connectivity index (χ3n) is 7.83. The zero-order valence-electron chi connectivity index (χ0n) is 24.7. The molecule has 0 aliphatic rings. The van der Waals surface area contributed by atoms with Gasteiger partial charge in [0.25, 0.3) is 0 Å². The molecule has 6 rings (SSSR count). The zero-order chi connectivity index (χ0) is 30.1. The van der Waals surface area contributed by atoms with E-state index in [1.807, 2.05) is 109 Å². The smallest absolute Gasteiger partial charge is 0.810 e. The topological polar surface area (TPSA) is 126 Å². The summed E-state index contributed by atoms with van der Waals surface area (Å²) in [5.74, 6) is 0. The van der Waals surface area contributed by atoms with Crippen LogP contribution in [0.1, 0.15) is 49.1 Å². The summed E-state index contributed by atoms with van der Waals surface area (Å²) in [6.45, 7) is 3.48. The van der Waals surface area contributed by atoms with Gasteiger partial charge in [0, 0.05) is 11.3 Å². The van der Waals surface area contributed by atoms with Gasteiger partial charge in [0.1, 0.15) is 0 Å². The molecule has 0 aliphatic carbocycles. The Labute approximate surface area is 289 Å². The van der Waals surface area contributed by atoms with Crippen molar-refractivity contribution in [1.82, 2.24) is 0 Å². The van der Waals surface area contributed by atoms with Crippen molar-refractivity contribution in [1.29, 1.82) is 0 Å². The monoisotopic (exact) mass is 644 g/mol. The van der Waals surface area contributed by atoms with Crippen molar-refractivity contribution < 1.29 is 28.7 Å². The minimum Gasteiger partial charge on any atom is -0.810 e. The van der Waals surface area contributed by atoms with Crippen LogP contribution in [0.25, 0.3) is 43.1 Å². The van der Waals surface area contributed by atoms with Gasteiger partial charge in [-0.05, 0) is 79.2 Å². The van der Waals surface area contributed by atoms with Crippen LogP contribution in [0, 0.1) is 0 Å². The Morgan fingerprint density at radius 2 is 0.705 bits per heavy atom.